The van der Waals surface area contributed by atoms with Crippen molar-refractivity contribution in [2.45, 2.75) is 25.7 Å². The fraction of sp³-hybridized carbons (Fsp3) is 0.524. The van der Waals surface area contributed by atoms with Crippen molar-refractivity contribution >= 4 is 41.4 Å². The van der Waals surface area contributed by atoms with Crippen LogP contribution in [0.4, 0.5) is 0 Å². The molecular formula is C21H31IN4O2. The molecule has 0 radical (unpaired) electrons. The Morgan fingerprint density at radius 1 is 1.18 bits per heavy atom. The molecule has 1 N–H and O–H groups in total. The SMILES string of the molecule is CN=C(NCC(=O)N1CCCCC1)N1CC=C(c2cccc(OC)c2)CC1.I. The first-order valence-electron chi connectivity index (χ1n) is 9.78. The highest BCUT2D eigenvalue weighted by atomic mass is 127. The van der Waals surface area contributed by atoms with E-state index >= 15 is 0 Å². The zero-order valence-electron chi connectivity index (χ0n) is 16.8. The van der Waals surface area contributed by atoms with Crippen LogP contribution >= 0.6 is 24.0 Å². The molecule has 2 heterocycles. The molecule has 1 aromatic carbocycles. The van der Waals surface area contributed by atoms with Crippen molar-refractivity contribution < 1.29 is 9.53 Å². The topological polar surface area (TPSA) is 57.2 Å². The third-order valence-corrected chi connectivity index (χ3v) is 5.27. The van der Waals surface area contributed by atoms with E-state index < -0.39 is 0 Å². The first-order valence-corrected chi connectivity index (χ1v) is 9.78. The van der Waals surface area contributed by atoms with Crippen molar-refractivity contribution in [3.63, 3.8) is 0 Å². The standard InChI is InChI=1S/C21H30N4O2.HI/c1-22-21(23-16-20(26)24-11-4-3-5-12-24)25-13-9-17(10-14-25)18-7-6-8-19(15-18)27-2;/h6-9,15H,3-5,10-14,16H2,1-2H3,(H,22,23);1H. The number of benzene rings is 1. The number of nitrogens with zero attached hydrogens (tertiary/aromatic N) is 3. The summed E-state index contributed by atoms with van der Waals surface area (Å²) < 4.78 is 5.32. The Hall–Kier alpha value is -1.77. The molecule has 1 fully saturated rings. The highest BCUT2D eigenvalue weighted by molar-refractivity contribution is 14.0. The fourth-order valence-corrected chi connectivity index (χ4v) is 3.69. The summed E-state index contributed by atoms with van der Waals surface area (Å²) in [4.78, 5) is 20.9. The van der Waals surface area contributed by atoms with E-state index in [9.17, 15) is 4.79 Å². The molecule has 6 nitrogen and oxygen atoms in total. The van der Waals surface area contributed by atoms with Crippen LogP contribution in [0.5, 0.6) is 5.75 Å². The number of likely N-dealkylation sites (tertiary alicyclic amines) is 1. The quantitative estimate of drug-likeness (QED) is 0.394. The molecule has 0 saturated carbocycles. The Morgan fingerprint density at radius 3 is 2.61 bits per heavy atom. The van der Waals surface area contributed by atoms with Crippen molar-refractivity contribution in [2.75, 3.05) is 46.9 Å². The lowest BCUT2D eigenvalue weighted by Gasteiger charge is -2.31. The number of rotatable bonds is 4. The molecule has 0 unspecified atom stereocenters. The van der Waals surface area contributed by atoms with Gasteiger partial charge in [0, 0.05) is 33.2 Å². The van der Waals surface area contributed by atoms with E-state index in [-0.39, 0.29) is 29.9 Å². The third-order valence-electron chi connectivity index (χ3n) is 5.27. The van der Waals surface area contributed by atoms with E-state index in [1.807, 2.05) is 17.0 Å². The molecule has 2 aliphatic rings. The minimum Gasteiger partial charge on any atom is -0.497 e. The summed E-state index contributed by atoms with van der Waals surface area (Å²) in [5.74, 6) is 1.84. The van der Waals surface area contributed by atoms with Crippen molar-refractivity contribution in [2.24, 2.45) is 4.99 Å². The van der Waals surface area contributed by atoms with Gasteiger partial charge in [-0.05, 0) is 49.0 Å². The van der Waals surface area contributed by atoms with Gasteiger partial charge >= 0.3 is 0 Å². The summed E-state index contributed by atoms with van der Waals surface area (Å²) >= 11 is 0. The maximum Gasteiger partial charge on any atom is 0.241 e. The van der Waals surface area contributed by atoms with Crippen LogP contribution in [-0.4, -0.2) is 68.5 Å². The predicted molar refractivity (Wildman–Crippen MR) is 124 cm³/mol. The minimum absolute atomic E-state index is 0. The Morgan fingerprint density at radius 2 is 1.96 bits per heavy atom. The highest BCUT2D eigenvalue weighted by Gasteiger charge is 2.20. The molecule has 2 aliphatic heterocycles. The van der Waals surface area contributed by atoms with E-state index in [1.54, 1.807) is 14.2 Å². The van der Waals surface area contributed by atoms with E-state index in [4.69, 9.17) is 4.74 Å². The summed E-state index contributed by atoms with van der Waals surface area (Å²) in [6.45, 7) is 3.74. The maximum atomic E-state index is 12.4. The Bertz CT molecular complexity index is 714. The molecule has 3 rings (SSSR count). The van der Waals surface area contributed by atoms with Crippen LogP contribution in [0.15, 0.2) is 35.3 Å². The van der Waals surface area contributed by atoms with Gasteiger partial charge in [-0.15, -0.1) is 24.0 Å². The number of aliphatic imine (C=N–C) groups is 1. The number of hydrogen-bond acceptors (Lipinski definition) is 3. The van der Waals surface area contributed by atoms with Crippen molar-refractivity contribution in [3.8, 4) is 5.75 Å². The number of halogens is 1. The van der Waals surface area contributed by atoms with Gasteiger partial charge < -0.3 is 19.9 Å². The number of guanidine groups is 1. The number of carbonyl (C=O) groups is 1. The number of carbonyl (C=O) groups excluding carboxylic acids is 1. The van der Waals surface area contributed by atoms with Gasteiger partial charge in [0.2, 0.25) is 5.91 Å². The van der Waals surface area contributed by atoms with Crippen molar-refractivity contribution in [1.29, 1.82) is 0 Å². The van der Waals surface area contributed by atoms with Gasteiger partial charge in [0.1, 0.15) is 5.75 Å². The molecule has 154 valence electrons. The molecule has 1 aromatic rings. The van der Waals surface area contributed by atoms with Gasteiger partial charge in [-0.3, -0.25) is 9.79 Å². The van der Waals surface area contributed by atoms with Gasteiger partial charge in [0.25, 0.3) is 0 Å². The lowest BCUT2D eigenvalue weighted by Crippen LogP contribution is -2.48. The van der Waals surface area contributed by atoms with Crippen LogP contribution in [0.2, 0.25) is 0 Å². The number of ether oxygens (including phenoxy) is 1. The summed E-state index contributed by atoms with van der Waals surface area (Å²) in [7, 11) is 3.46. The van der Waals surface area contributed by atoms with Crippen LogP contribution in [-0.2, 0) is 4.79 Å². The number of nitrogens with one attached hydrogen (secondary N) is 1. The Balaban J connectivity index is 0.00000280. The van der Waals surface area contributed by atoms with Gasteiger partial charge in [-0.2, -0.15) is 0 Å². The molecule has 0 bridgehead atoms. The molecule has 28 heavy (non-hydrogen) atoms. The third kappa shape index (κ3) is 5.86. The lowest BCUT2D eigenvalue weighted by molar-refractivity contribution is -0.130. The zero-order valence-corrected chi connectivity index (χ0v) is 19.1. The van der Waals surface area contributed by atoms with E-state index in [1.165, 1.54) is 17.6 Å². The van der Waals surface area contributed by atoms with Crippen molar-refractivity contribution in [1.82, 2.24) is 15.1 Å². The highest BCUT2D eigenvalue weighted by Crippen LogP contribution is 2.25. The predicted octanol–water partition coefficient (Wildman–Crippen LogP) is 2.99. The second kappa shape index (κ2) is 11.3. The summed E-state index contributed by atoms with van der Waals surface area (Å²) in [6, 6.07) is 8.18. The summed E-state index contributed by atoms with van der Waals surface area (Å²) in [5.41, 5.74) is 2.53. The Kier molecular flexibility index (Phi) is 9.08. The van der Waals surface area contributed by atoms with Crippen LogP contribution in [0.25, 0.3) is 5.57 Å². The fourth-order valence-electron chi connectivity index (χ4n) is 3.69. The van der Waals surface area contributed by atoms with E-state index in [0.717, 1.165) is 57.2 Å². The zero-order chi connectivity index (χ0) is 19.1. The molecule has 1 amide bonds. The summed E-state index contributed by atoms with van der Waals surface area (Å²) in [6.07, 6.45) is 6.63. The second-order valence-corrected chi connectivity index (χ2v) is 7.00. The van der Waals surface area contributed by atoms with Crippen LogP contribution < -0.4 is 10.1 Å². The van der Waals surface area contributed by atoms with Gasteiger partial charge in [-0.1, -0.05) is 18.2 Å². The monoisotopic (exact) mass is 498 g/mol. The lowest BCUT2D eigenvalue weighted by atomic mass is 9.99. The second-order valence-electron chi connectivity index (χ2n) is 7.00. The van der Waals surface area contributed by atoms with Gasteiger partial charge in [0.05, 0.1) is 13.7 Å². The maximum absolute atomic E-state index is 12.4. The number of methoxy groups -OCH3 is 1. The molecule has 7 heteroatoms. The average molecular weight is 498 g/mol. The van der Waals surface area contributed by atoms with Gasteiger partial charge in [0.15, 0.2) is 5.96 Å². The molecule has 0 spiro atoms. The Labute approximate surface area is 185 Å². The van der Waals surface area contributed by atoms with Crippen LogP contribution in [0.1, 0.15) is 31.2 Å². The largest absolute Gasteiger partial charge is 0.497 e. The normalized spacial score (nSPS) is 17.5. The van der Waals surface area contributed by atoms with Crippen LogP contribution in [0, 0.1) is 0 Å². The van der Waals surface area contributed by atoms with Gasteiger partial charge in [-0.25, -0.2) is 0 Å². The molecule has 0 atom stereocenters. The average Bonchev–Trinajstić information content (AvgIpc) is 2.75. The van der Waals surface area contributed by atoms with E-state index in [2.05, 4.69) is 33.4 Å². The first-order chi connectivity index (χ1) is 13.2. The molecule has 1 saturated heterocycles. The number of hydrogen-bond donors (Lipinski definition) is 1. The van der Waals surface area contributed by atoms with Crippen LogP contribution in [0.3, 0.4) is 0 Å². The number of amides is 1. The molecule has 0 aromatic heterocycles. The van der Waals surface area contributed by atoms with Crippen molar-refractivity contribution in [3.05, 3.63) is 35.9 Å². The minimum atomic E-state index is 0. The smallest absolute Gasteiger partial charge is 0.241 e. The molecule has 0 aliphatic carbocycles. The molecular weight excluding hydrogens is 467 g/mol. The summed E-state index contributed by atoms with van der Waals surface area (Å²) in [5, 5.41) is 3.24. The van der Waals surface area contributed by atoms with E-state index in [0.29, 0.717) is 6.54 Å². The number of piperidine rings is 1. The first kappa shape index (κ1) is 22.5.